The quantitative estimate of drug-likeness (QED) is 0.676. The van der Waals surface area contributed by atoms with Gasteiger partial charge in [-0.25, -0.2) is 4.79 Å². The van der Waals surface area contributed by atoms with Crippen LogP contribution in [0.2, 0.25) is 0 Å². The molecule has 3 rings (SSSR count). The number of amides is 1. The molecule has 1 amide bonds. The molecule has 25 heavy (non-hydrogen) atoms. The molecule has 0 aliphatic heterocycles. The van der Waals surface area contributed by atoms with Gasteiger partial charge in [-0.2, -0.15) is 0 Å². The van der Waals surface area contributed by atoms with Crippen molar-refractivity contribution in [3.05, 3.63) is 88.9 Å². The molecule has 4 nitrogen and oxygen atoms in total. The van der Waals surface area contributed by atoms with Crippen molar-refractivity contribution in [3.8, 4) is 10.4 Å². The van der Waals surface area contributed by atoms with E-state index in [1.54, 1.807) is 30.3 Å². The van der Waals surface area contributed by atoms with Crippen LogP contribution in [-0.2, 0) is 4.79 Å². The smallest absolute Gasteiger partial charge is 0.352 e. The Morgan fingerprint density at radius 2 is 1.52 bits per heavy atom. The molecule has 0 atom stereocenters. The first-order chi connectivity index (χ1) is 12.1. The van der Waals surface area contributed by atoms with Crippen LogP contribution in [0.5, 0.6) is 0 Å². The fraction of sp³-hybridized carbons (Fsp3) is 0. The Morgan fingerprint density at radius 1 is 0.880 bits per heavy atom. The normalized spacial score (nSPS) is 11.1. The van der Waals surface area contributed by atoms with Gasteiger partial charge in [-0.1, -0.05) is 48.5 Å². The standard InChI is InChI=1S/C20H15NO3S/c22-19(15-9-5-2-6-10-15)21-17(20(23)24)13-16-11-12-18(25-16)14-7-3-1-4-8-14/h1-13H,(H,21,22)(H,23,24)/b17-13-. The maximum absolute atomic E-state index is 12.2. The summed E-state index contributed by atoms with van der Waals surface area (Å²) in [7, 11) is 0. The molecule has 0 aliphatic rings. The second kappa shape index (κ2) is 7.59. The number of hydrogen-bond acceptors (Lipinski definition) is 3. The molecule has 0 saturated carbocycles. The number of aliphatic carboxylic acids is 1. The number of carboxylic acids is 1. The highest BCUT2D eigenvalue weighted by atomic mass is 32.1. The molecule has 0 radical (unpaired) electrons. The molecule has 0 unspecified atom stereocenters. The van der Waals surface area contributed by atoms with Crippen molar-refractivity contribution >= 4 is 29.3 Å². The van der Waals surface area contributed by atoms with Gasteiger partial charge >= 0.3 is 5.97 Å². The number of carbonyl (C=O) groups is 2. The van der Waals surface area contributed by atoms with E-state index in [1.165, 1.54) is 17.4 Å². The van der Waals surface area contributed by atoms with Crippen LogP contribution < -0.4 is 5.32 Å². The lowest BCUT2D eigenvalue weighted by Gasteiger charge is -2.05. The summed E-state index contributed by atoms with van der Waals surface area (Å²) in [5.41, 5.74) is 1.32. The van der Waals surface area contributed by atoms with Crippen molar-refractivity contribution in [3.63, 3.8) is 0 Å². The van der Waals surface area contributed by atoms with E-state index < -0.39 is 11.9 Å². The Bertz CT molecular complexity index is 914. The van der Waals surface area contributed by atoms with Crippen molar-refractivity contribution in [1.29, 1.82) is 0 Å². The second-order valence-corrected chi connectivity index (χ2v) is 6.37. The molecule has 5 heteroatoms. The molecule has 0 fully saturated rings. The van der Waals surface area contributed by atoms with Gasteiger partial charge in [-0.3, -0.25) is 4.79 Å². The lowest BCUT2D eigenvalue weighted by molar-refractivity contribution is -0.132. The zero-order valence-corrected chi connectivity index (χ0v) is 14.0. The second-order valence-electron chi connectivity index (χ2n) is 5.25. The Morgan fingerprint density at radius 3 is 2.16 bits per heavy atom. The van der Waals surface area contributed by atoms with Crippen molar-refractivity contribution in [2.75, 3.05) is 0 Å². The summed E-state index contributed by atoms with van der Waals surface area (Å²) in [6.07, 6.45) is 1.47. The van der Waals surface area contributed by atoms with E-state index in [9.17, 15) is 14.7 Å². The Kier molecular flexibility index (Phi) is 5.06. The van der Waals surface area contributed by atoms with Gasteiger partial charge in [0, 0.05) is 15.3 Å². The van der Waals surface area contributed by atoms with Crippen LogP contribution in [0.3, 0.4) is 0 Å². The number of carbonyl (C=O) groups excluding carboxylic acids is 1. The van der Waals surface area contributed by atoms with E-state index in [2.05, 4.69) is 5.32 Å². The first-order valence-electron chi connectivity index (χ1n) is 7.60. The molecular formula is C20H15NO3S. The fourth-order valence-electron chi connectivity index (χ4n) is 2.27. The minimum absolute atomic E-state index is 0.157. The van der Waals surface area contributed by atoms with Crippen LogP contribution in [0.1, 0.15) is 15.2 Å². The number of thiophene rings is 1. The van der Waals surface area contributed by atoms with Gasteiger partial charge in [0.15, 0.2) is 0 Å². The molecule has 3 aromatic rings. The van der Waals surface area contributed by atoms with Crippen molar-refractivity contribution in [1.82, 2.24) is 5.32 Å². The van der Waals surface area contributed by atoms with E-state index in [-0.39, 0.29) is 5.70 Å². The van der Waals surface area contributed by atoms with Crippen LogP contribution in [0.4, 0.5) is 0 Å². The maximum Gasteiger partial charge on any atom is 0.352 e. The minimum Gasteiger partial charge on any atom is -0.477 e. The molecule has 2 aromatic carbocycles. The van der Waals surface area contributed by atoms with Crippen LogP contribution in [0.15, 0.2) is 78.5 Å². The van der Waals surface area contributed by atoms with Crippen LogP contribution in [-0.4, -0.2) is 17.0 Å². The highest BCUT2D eigenvalue weighted by Gasteiger charge is 2.13. The van der Waals surface area contributed by atoms with Gasteiger partial charge < -0.3 is 10.4 Å². The van der Waals surface area contributed by atoms with Crippen LogP contribution in [0.25, 0.3) is 16.5 Å². The van der Waals surface area contributed by atoms with Gasteiger partial charge in [0.1, 0.15) is 5.70 Å². The highest BCUT2D eigenvalue weighted by Crippen LogP contribution is 2.29. The van der Waals surface area contributed by atoms with Crippen LogP contribution in [0, 0.1) is 0 Å². The van der Waals surface area contributed by atoms with Gasteiger partial charge in [0.2, 0.25) is 0 Å². The van der Waals surface area contributed by atoms with Crippen LogP contribution >= 0.6 is 11.3 Å². The predicted molar refractivity (Wildman–Crippen MR) is 99.3 cm³/mol. The topological polar surface area (TPSA) is 66.4 Å². The molecule has 0 aliphatic carbocycles. The number of hydrogen-bond donors (Lipinski definition) is 2. The first-order valence-corrected chi connectivity index (χ1v) is 8.42. The summed E-state index contributed by atoms with van der Waals surface area (Å²) in [5.74, 6) is -1.63. The van der Waals surface area contributed by atoms with E-state index in [0.717, 1.165) is 15.3 Å². The average Bonchev–Trinajstić information content (AvgIpc) is 3.11. The first kappa shape index (κ1) is 16.7. The molecule has 1 aromatic heterocycles. The lowest BCUT2D eigenvalue weighted by Crippen LogP contribution is -2.27. The van der Waals surface area contributed by atoms with E-state index >= 15 is 0 Å². The zero-order valence-electron chi connectivity index (χ0n) is 13.2. The number of nitrogens with one attached hydrogen (secondary N) is 1. The third-order valence-corrected chi connectivity index (χ3v) is 4.57. The van der Waals surface area contributed by atoms with E-state index in [4.69, 9.17) is 0 Å². The number of benzene rings is 2. The highest BCUT2D eigenvalue weighted by molar-refractivity contribution is 7.16. The van der Waals surface area contributed by atoms with Gasteiger partial charge in [-0.05, 0) is 35.9 Å². The fourth-order valence-corrected chi connectivity index (χ4v) is 3.22. The summed E-state index contributed by atoms with van der Waals surface area (Å²) >= 11 is 1.46. The third kappa shape index (κ3) is 4.22. The third-order valence-electron chi connectivity index (χ3n) is 3.49. The summed E-state index contributed by atoms with van der Waals surface area (Å²) in [5, 5.41) is 11.8. The van der Waals surface area contributed by atoms with E-state index in [1.807, 2.05) is 42.5 Å². The Labute approximate surface area is 149 Å². The van der Waals surface area contributed by atoms with Gasteiger partial charge in [0.05, 0.1) is 0 Å². The summed E-state index contributed by atoms with van der Waals surface area (Å²) in [4.78, 5) is 25.4. The average molecular weight is 349 g/mol. The van der Waals surface area contributed by atoms with E-state index in [0.29, 0.717) is 5.56 Å². The largest absolute Gasteiger partial charge is 0.477 e. The minimum atomic E-state index is -1.18. The molecule has 0 saturated heterocycles. The SMILES string of the molecule is O=C(O)/C(=C/c1ccc(-c2ccccc2)s1)NC(=O)c1ccccc1. The molecule has 0 bridgehead atoms. The summed E-state index contributed by atoms with van der Waals surface area (Å²) in [6, 6.07) is 22.1. The van der Waals surface area contributed by atoms with Crippen molar-refractivity contribution in [2.24, 2.45) is 0 Å². The molecule has 0 spiro atoms. The maximum atomic E-state index is 12.2. The van der Waals surface area contributed by atoms with Crippen molar-refractivity contribution in [2.45, 2.75) is 0 Å². The van der Waals surface area contributed by atoms with Gasteiger partial charge in [-0.15, -0.1) is 11.3 Å². The Hall–Kier alpha value is -3.18. The summed E-state index contributed by atoms with van der Waals surface area (Å²) < 4.78 is 0. The monoisotopic (exact) mass is 349 g/mol. The zero-order chi connectivity index (χ0) is 17.6. The lowest BCUT2D eigenvalue weighted by atomic mass is 10.2. The molecule has 124 valence electrons. The molecule has 1 heterocycles. The summed E-state index contributed by atoms with van der Waals surface area (Å²) in [6.45, 7) is 0. The molecular weight excluding hydrogens is 334 g/mol. The molecule has 2 N–H and O–H groups in total. The van der Waals surface area contributed by atoms with Crippen molar-refractivity contribution < 1.29 is 14.7 Å². The van der Waals surface area contributed by atoms with Gasteiger partial charge in [0.25, 0.3) is 5.91 Å². The number of rotatable bonds is 5. The Balaban J connectivity index is 1.82. The predicted octanol–water partition coefficient (Wildman–Crippen LogP) is 4.27. The number of carboxylic acid groups (broad SMARTS) is 1.